The normalized spacial score (nSPS) is 11.7. The molecule has 35 heavy (non-hydrogen) atoms. The van der Waals surface area contributed by atoms with Crippen LogP contribution in [0.15, 0.2) is 88.7 Å². The Hall–Kier alpha value is -3.25. The van der Waals surface area contributed by atoms with Crippen LogP contribution >= 0.6 is 11.8 Å². The molecular formula is C29H32O5S. The zero-order chi connectivity index (χ0) is 25.6. The van der Waals surface area contributed by atoms with Crippen LogP contribution in [0.5, 0.6) is 5.75 Å². The van der Waals surface area contributed by atoms with Gasteiger partial charge in [-0.1, -0.05) is 60.3 Å². The fourth-order valence-corrected chi connectivity index (χ4v) is 4.15. The molecule has 0 heterocycles. The fraction of sp³-hybridized carbons (Fsp3) is 0.310. The van der Waals surface area contributed by atoms with Crippen molar-refractivity contribution in [3.05, 3.63) is 78.9 Å². The van der Waals surface area contributed by atoms with E-state index in [0.29, 0.717) is 5.75 Å². The Balaban J connectivity index is 1.82. The highest BCUT2D eigenvalue weighted by atomic mass is 32.2. The first kappa shape index (κ1) is 26.4. The summed E-state index contributed by atoms with van der Waals surface area (Å²) in [6.45, 7) is 10.4. The van der Waals surface area contributed by atoms with Gasteiger partial charge in [0.1, 0.15) is 17.0 Å². The molecule has 6 heteroatoms. The Labute approximate surface area is 211 Å². The van der Waals surface area contributed by atoms with Crippen LogP contribution in [0, 0.1) is 0 Å². The Bertz CT molecular complexity index is 1110. The van der Waals surface area contributed by atoms with Crippen LogP contribution in [-0.4, -0.2) is 29.2 Å². The Kier molecular flexibility index (Phi) is 8.28. The lowest BCUT2D eigenvalue weighted by molar-refractivity contribution is -0.179. The predicted molar refractivity (Wildman–Crippen MR) is 139 cm³/mol. The van der Waals surface area contributed by atoms with E-state index >= 15 is 0 Å². The number of esters is 2. The average Bonchev–Trinajstić information content (AvgIpc) is 2.76. The summed E-state index contributed by atoms with van der Waals surface area (Å²) in [7, 11) is 0. The van der Waals surface area contributed by atoms with Crippen molar-refractivity contribution in [1.82, 2.24) is 0 Å². The van der Waals surface area contributed by atoms with Gasteiger partial charge in [0.05, 0.1) is 0 Å². The molecule has 0 aliphatic carbocycles. The first-order valence-electron chi connectivity index (χ1n) is 11.5. The third-order valence-corrected chi connectivity index (χ3v) is 5.60. The first-order chi connectivity index (χ1) is 16.4. The third kappa shape index (κ3) is 8.18. The molecule has 0 unspecified atom stereocenters. The van der Waals surface area contributed by atoms with E-state index in [0.717, 1.165) is 20.9 Å². The van der Waals surface area contributed by atoms with Gasteiger partial charge in [0.15, 0.2) is 0 Å². The van der Waals surface area contributed by atoms with Crippen molar-refractivity contribution in [3.8, 4) is 16.9 Å². The number of hydrogen-bond acceptors (Lipinski definition) is 6. The summed E-state index contributed by atoms with van der Waals surface area (Å²) in [6, 6.07) is 25.6. The molecular weight excluding hydrogens is 460 g/mol. The highest BCUT2D eigenvalue weighted by molar-refractivity contribution is 7.99. The van der Waals surface area contributed by atoms with Gasteiger partial charge in [-0.05, 0) is 83.0 Å². The molecule has 184 valence electrons. The monoisotopic (exact) mass is 492 g/mol. The number of rotatable bonds is 7. The van der Waals surface area contributed by atoms with Crippen molar-refractivity contribution in [2.45, 2.75) is 68.6 Å². The van der Waals surface area contributed by atoms with E-state index in [4.69, 9.17) is 14.2 Å². The minimum absolute atomic E-state index is 0.365. The number of carbonyl (C=O) groups is 2. The molecule has 0 saturated heterocycles. The van der Waals surface area contributed by atoms with Crippen molar-refractivity contribution >= 4 is 23.7 Å². The van der Waals surface area contributed by atoms with Crippen LogP contribution in [0.2, 0.25) is 0 Å². The molecule has 0 bridgehead atoms. The zero-order valence-corrected chi connectivity index (χ0v) is 21.8. The highest BCUT2D eigenvalue weighted by Gasteiger charge is 2.37. The Morgan fingerprint density at radius 3 is 1.74 bits per heavy atom. The summed E-state index contributed by atoms with van der Waals surface area (Å²) in [4.78, 5) is 27.8. The quantitative estimate of drug-likeness (QED) is 0.263. The molecule has 0 aromatic heterocycles. The van der Waals surface area contributed by atoms with Crippen LogP contribution in [0.25, 0.3) is 11.1 Å². The second-order valence-electron chi connectivity index (χ2n) is 10.0. The van der Waals surface area contributed by atoms with Crippen LogP contribution in [0.3, 0.4) is 0 Å². The van der Waals surface area contributed by atoms with Gasteiger partial charge in [-0.2, -0.15) is 0 Å². The molecule has 5 nitrogen and oxygen atoms in total. The molecule has 0 aliphatic rings. The van der Waals surface area contributed by atoms with Gasteiger partial charge in [0.25, 0.3) is 6.10 Å². The summed E-state index contributed by atoms with van der Waals surface area (Å²) in [5, 5.41) is 0. The first-order valence-corrected chi connectivity index (χ1v) is 12.3. The minimum atomic E-state index is -1.53. The third-order valence-electron chi connectivity index (χ3n) is 4.52. The van der Waals surface area contributed by atoms with Crippen LogP contribution in [0.4, 0.5) is 0 Å². The van der Waals surface area contributed by atoms with E-state index in [1.807, 2.05) is 42.5 Å². The molecule has 0 aliphatic heterocycles. The second kappa shape index (κ2) is 11.0. The van der Waals surface area contributed by atoms with Crippen LogP contribution in [-0.2, 0) is 19.1 Å². The lowest BCUT2D eigenvalue weighted by atomic mass is 10.1. The SMILES string of the molecule is CC(C)(C)OC(=O)C(Oc1ccc(-c2ccccc2Sc2ccccc2)cc1)C(=O)OC(C)(C)C. The summed E-state index contributed by atoms with van der Waals surface area (Å²) >= 11 is 1.69. The van der Waals surface area contributed by atoms with E-state index in [2.05, 4.69) is 24.3 Å². The maximum Gasteiger partial charge on any atom is 0.359 e. The van der Waals surface area contributed by atoms with Gasteiger partial charge in [0.2, 0.25) is 0 Å². The molecule has 0 N–H and O–H groups in total. The Morgan fingerprint density at radius 2 is 1.20 bits per heavy atom. The van der Waals surface area contributed by atoms with E-state index in [1.54, 1.807) is 65.4 Å². The molecule has 0 radical (unpaired) electrons. The van der Waals surface area contributed by atoms with Crippen molar-refractivity contribution in [2.75, 3.05) is 0 Å². The number of carbonyl (C=O) groups excluding carboxylic acids is 2. The molecule has 0 atom stereocenters. The maximum absolute atomic E-state index is 12.7. The molecule has 3 rings (SSSR count). The largest absolute Gasteiger partial charge is 0.467 e. The van der Waals surface area contributed by atoms with Gasteiger partial charge in [-0.15, -0.1) is 0 Å². The number of benzene rings is 3. The van der Waals surface area contributed by atoms with E-state index in [9.17, 15) is 9.59 Å². The van der Waals surface area contributed by atoms with Crippen molar-refractivity contribution < 1.29 is 23.8 Å². The molecule has 3 aromatic rings. The van der Waals surface area contributed by atoms with Gasteiger partial charge in [0, 0.05) is 9.79 Å². The minimum Gasteiger partial charge on any atom is -0.467 e. The summed E-state index contributed by atoms with van der Waals surface area (Å²) in [5.74, 6) is -1.22. The highest BCUT2D eigenvalue weighted by Crippen LogP contribution is 2.36. The molecule has 3 aromatic carbocycles. The average molecular weight is 493 g/mol. The van der Waals surface area contributed by atoms with Crippen molar-refractivity contribution in [1.29, 1.82) is 0 Å². The standard InChI is InChI=1S/C29H32O5S/c1-28(2,3)33-26(30)25(27(31)34-29(4,5)6)32-21-18-16-20(17-19-21)23-14-10-11-15-24(23)35-22-12-8-7-9-13-22/h7-19,25H,1-6H3. The topological polar surface area (TPSA) is 61.8 Å². The predicted octanol–water partition coefficient (Wildman–Crippen LogP) is 6.94. The van der Waals surface area contributed by atoms with Crippen LogP contribution < -0.4 is 4.74 Å². The smallest absolute Gasteiger partial charge is 0.359 e. The number of ether oxygens (including phenoxy) is 3. The fourth-order valence-electron chi connectivity index (χ4n) is 3.16. The Morgan fingerprint density at radius 1 is 0.686 bits per heavy atom. The van der Waals surface area contributed by atoms with E-state index < -0.39 is 29.2 Å². The van der Waals surface area contributed by atoms with Crippen molar-refractivity contribution in [2.24, 2.45) is 0 Å². The molecule has 0 amide bonds. The van der Waals surface area contributed by atoms with Gasteiger partial charge in [-0.3, -0.25) is 0 Å². The lowest BCUT2D eigenvalue weighted by Crippen LogP contribution is -2.44. The summed E-state index contributed by atoms with van der Waals surface area (Å²) in [6.07, 6.45) is -1.53. The van der Waals surface area contributed by atoms with Gasteiger partial charge in [-0.25, -0.2) is 9.59 Å². The second-order valence-corrected chi connectivity index (χ2v) is 11.1. The zero-order valence-electron chi connectivity index (χ0n) is 21.0. The lowest BCUT2D eigenvalue weighted by Gasteiger charge is -2.26. The summed E-state index contributed by atoms with van der Waals surface area (Å²) < 4.78 is 16.6. The number of hydrogen-bond donors (Lipinski definition) is 0. The maximum atomic E-state index is 12.7. The summed E-state index contributed by atoms with van der Waals surface area (Å²) in [5.41, 5.74) is 0.515. The van der Waals surface area contributed by atoms with E-state index in [1.165, 1.54) is 0 Å². The van der Waals surface area contributed by atoms with Crippen molar-refractivity contribution in [3.63, 3.8) is 0 Å². The molecule has 0 saturated carbocycles. The van der Waals surface area contributed by atoms with Gasteiger partial charge >= 0.3 is 11.9 Å². The molecule has 0 spiro atoms. The van der Waals surface area contributed by atoms with Crippen LogP contribution in [0.1, 0.15) is 41.5 Å². The van der Waals surface area contributed by atoms with E-state index in [-0.39, 0.29) is 0 Å². The molecule has 0 fully saturated rings. The van der Waals surface area contributed by atoms with Gasteiger partial charge < -0.3 is 14.2 Å².